The number of hydrogen-bond donors (Lipinski definition) is 0. The molecule has 1 fully saturated rings. The van der Waals surface area contributed by atoms with E-state index < -0.39 is 0 Å². The zero-order chi connectivity index (χ0) is 28.3. The summed E-state index contributed by atoms with van der Waals surface area (Å²) in [5, 5.41) is 10.6. The first kappa shape index (κ1) is 23.9. The molecule has 1 saturated carbocycles. The first-order chi connectivity index (χ1) is 21.2. The molecule has 0 bridgehead atoms. The fourth-order valence-corrected chi connectivity index (χ4v) is 8.49. The van der Waals surface area contributed by atoms with Gasteiger partial charge in [-0.2, -0.15) is 0 Å². The maximum absolute atomic E-state index is 3.84. The van der Waals surface area contributed by atoms with E-state index in [1.54, 1.807) is 0 Å². The third kappa shape index (κ3) is 3.17. The number of para-hydroxylation sites is 1. The first-order valence-electron chi connectivity index (χ1n) is 15.1. The van der Waals surface area contributed by atoms with Gasteiger partial charge in [-0.15, -0.1) is 0 Å². The Labute approximate surface area is 258 Å². The minimum Gasteiger partial charge on any atom is -0.310 e. The number of nitrogens with zero attached hydrogens (tertiary/aromatic N) is 1. The molecule has 8 aromatic rings. The van der Waals surface area contributed by atoms with Gasteiger partial charge in [0.1, 0.15) is 0 Å². The predicted molar refractivity (Wildman–Crippen MR) is 185 cm³/mol. The maximum Gasteiger partial charge on any atom is 0.0540 e. The summed E-state index contributed by atoms with van der Waals surface area (Å²) in [5.74, 6) is 0. The summed E-state index contributed by atoms with van der Waals surface area (Å²) in [6.07, 6.45) is 2.39. The Morgan fingerprint density at radius 2 is 1.21 bits per heavy atom. The largest absolute Gasteiger partial charge is 0.310 e. The lowest BCUT2D eigenvalue weighted by atomic mass is 9.74. The van der Waals surface area contributed by atoms with Gasteiger partial charge < -0.3 is 4.90 Å². The van der Waals surface area contributed by atoms with E-state index in [4.69, 9.17) is 0 Å². The Morgan fingerprint density at radius 1 is 0.488 bits per heavy atom. The Morgan fingerprint density at radius 3 is 2.02 bits per heavy atom. The van der Waals surface area contributed by atoms with Gasteiger partial charge in [-0.05, 0) is 109 Å². The van der Waals surface area contributed by atoms with Gasteiger partial charge in [0, 0.05) is 26.6 Å². The summed E-state index contributed by atoms with van der Waals surface area (Å²) < 4.78 is 1.17. The molecule has 0 N–H and O–H groups in total. The van der Waals surface area contributed by atoms with Crippen LogP contribution in [0.15, 0.2) is 138 Å². The molecular formula is C41H26BrN. The second-order valence-electron chi connectivity index (χ2n) is 12.2. The van der Waals surface area contributed by atoms with E-state index in [0.717, 1.165) is 0 Å². The smallest absolute Gasteiger partial charge is 0.0540 e. The van der Waals surface area contributed by atoms with E-state index in [0.29, 0.717) is 0 Å². The van der Waals surface area contributed by atoms with Gasteiger partial charge in [-0.25, -0.2) is 0 Å². The molecule has 0 amide bonds. The second-order valence-corrected chi connectivity index (χ2v) is 13.1. The lowest BCUT2D eigenvalue weighted by Crippen LogP contribution is -2.17. The normalized spacial score (nSPS) is 14.6. The molecule has 0 radical (unpaired) electrons. The Balaban J connectivity index is 1.25. The average molecular weight is 613 g/mol. The van der Waals surface area contributed by atoms with E-state index in [-0.39, 0.29) is 5.41 Å². The predicted octanol–water partition coefficient (Wildman–Crippen LogP) is 12.0. The van der Waals surface area contributed by atoms with Crippen molar-refractivity contribution in [2.75, 3.05) is 4.90 Å². The van der Waals surface area contributed by atoms with Gasteiger partial charge in [0.2, 0.25) is 0 Å². The molecular weight excluding hydrogens is 586 g/mol. The molecule has 0 heterocycles. The highest BCUT2D eigenvalue weighted by Crippen LogP contribution is 2.62. The van der Waals surface area contributed by atoms with Crippen molar-refractivity contribution in [3.8, 4) is 11.1 Å². The molecule has 0 saturated heterocycles. The highest BCUT2D eigenvalue weighted by Gasteiger charge is 2.50. The van der Waals surface area contributed by atoms with Crippen LogP contribution in [0.25, 0.3) is 54.2 Å². The second kappa shape index (κ2) is 8.46. The topological polar surface area (TPSA) is 3.24 Å². The lowest BCUT2D eigenvalue weighted by molar-refractivity contribution is 0.853. The average Bonchev–Trinajstić information content (AvgIpc) is 3.86. The number of fused-ring (bicyclic) bond motifs is 4. The van der Waals surface area contributed by atoms with Crippen LogP contribution in [0.5, 0.6) is 0 Å². The molecule has 2 aliphatic rings. The van der Waals surface area contributed by atoms with Crippen molar-refractivity contribution in [1.82, 2.24) is 0 Å². The van der Waals surface area contributed by atoms with Gasteiger partial charge in [0.05, 0.1) is 5.69 Å². The van der Waals surface area contributed by atoms with Crippen molar-refractivity contribution in [2.24, 2.45) is 0 Å². The lowest BCUT2D eigenvalue weighted by Gasteiger charge is -2.32. The van der Waals surface area contributed by atoms with Crippen molar-refractivity contribution in [1.29, 1.82) is 0 Å². The number of anilines is 3. The van der Waals surface area contributed by atoms with Crippen molar-refractivity contribution >= 4 is 76.1 Å². The van der Waals surface area contributed by atoms with Gasteiger partial charge in [0.25, 0.3) is 0 Å². The first-order valence-corrected chi connectivity index (χ1v) is 15.9. The van der Waals surface area contributed by atoms with Gasteiger partial charge in [-0.1, -0.05) is 113 Å². The zero-order valence-corrected chi connectivity index (χ0v) is 25.0. The zero-order valence-electron chi connectivity index (χ0n) is 23.4. The maximum atomic E-state index is 3.84. The summed E-state index contributed by atoms with van der Waals surface area (Å²) in [6, 6.07) is 49.9. The molecule has 0 aromatic heterocycles. The fraction of sp³-hybridized carbons (Fsp3) is 0.0732. The number of benzene rings is 8. The summed E-state index contributed by atoms with van der Waals surface area (Å²) in [5.41, 5.74) is 9.35. The van der Waals surface area contributed by atoms with Crippen LogP contribution in [0.1, 0.15) is 24.0 Å². The molecule has 2 aliphatic carbocycles. The molecule has 1 nitrogen and oxygen atoms in total. The number of rotatable bonds is 3. The molecule has 2 heteroatoms. The van der Waals surface area contributed by atoms with Gasteiger partial charge in [-0.3, -0.25) is 0 Å². The third-order valence-electron chi connectivity index (χ3n) is 10.1. The van der Waals surface area contributed by atoms with Crippen molar-refractivity contribution in [2.45, 2.75) is 18.3 Å². The molecule has 202 valence electrons. The molecule has 1 spiro atoms. The Kier molecular flexibility index (Phi) is 4.69. The number of hydrogen-bond acceptors (Lipinski definition) is 1. The van der Waals surface area contributed by atoms with Gasteiger partial charge in [0.15, 0.2) is 0 Å². The summed E-state index contributed by atoms with van der Waals surface area (Å²) in [7, 11) is 0. The van der Waals surface area contributed by atoms with Crippen molar-refractivity contribution in [3.05, 3.63) is 149 Å². The van der Waals surface area contributed by atoms with E-state index in [2.05, 4.69) is 154 Å². The van der Waals surface area contributed by atoms with Crippen LogP contribution in [0, 0.1) is 0 Å². The summed E-state index contributed by atoms with van der Waals surface area (Å²) in [6.45, 7) is 0. The fourth-order valence-electron chi connectivity index (χ4n) is 8.02. The molecule has 8 aromatic carbocycles. The van der Waals surface area contributed by atoms with Crippen LogP contribution in [0.4, 0.5) is 17.1 Å². The highest BCUT2D eigenvalue weighted by atomic mass is 79.9. The van der Waals surface area contributed by atoms with Crippen molar-refractivity contribution < 1.29 is 0 Å². The Bertz CT molecular complexity index is 2400. The van der Waals surface area contributed by atoms with E-state index in [1.807, 2.05) is 0 Å². The molecule has 10 rings (SSSR count). The van der Waals surface area contributed by atoms with Crippen LogP contribution in [-0.4, -0.2) is 0 Å². The minimum absolute atomic E-state index is 0.0870. The highest BCUT2D eigenvalue weighted by molar-refractivity contribution is 9.10. The van der Waals surface area contributed by atoms with E-state index in [1.165, 1.54) is 99.7 Å². The monoisotopic (exact) mass is 611 g/mol. The Hall–Kier alpha value is -4.66. The molecule has 43 heavy (non-hydrogen) atoms. The summed E-state index contributed by atoms with van der Waals surface area (Å²) in [4.78, 5) is 2.47. The summed E-state index contributed by atoms with van der Waals surface area (Å²) >= 11 is 3.84. The molecule has 0 aliphatic heterocycles. The molecule has 0 unspecified atom stereocenters. The minimum atomic E-state index is 0.0870. The van der Waals surface area contributed by atoms with Crippen LogP contribution in [-0.2, 0) is 5.41 Å². The van der Waals surface area contributed by atoms with Crippen LogP contribution in [0.3, 0.4) is 0 Å². The SMILES string of the molecule is Brc1ccc2c3c(cccc13)C1(CC1)c1cc(N(c3ccccc3)c3ccc4ccc5cccc6ccc3c4c56)ccc1-2. The quantitative estimate of drug-likeness (QED) is 0.180. The third-order valence-corrected chi connectivity index (χ3v) is 10.8. The van der Waals surface area contributed by atoms with Crippen LogP contribution in [0.2, 0.25) is 0 Å². The van der Waals surface area contributed by atoms with Gasteiger partial charge >= 0.3 is 0 Å². The van der Waals surface area contributed by atoms with E-state index >= 15 is 0 Å². The van der Waals surface area contributed by atoms with Crippen molar-refractivity contribution in [3.63, 3.8) is 0 Å². The molecule has 0 atom stereocenters. The standard InChI is InChI=1S/C41H26BrN/c42-36-20-19-31-30-18-16-29(24-35(30)41(22-23-41)34-11-5-10-32(36)40(31)34)43(28-8-2-1-3-9-28)37-21-15-27-13-12-25-6-4-7-26-14-17-33(37)39(27)38(25)26/h1-21,24H,22-23H2. The number of halogens is 1. The van der Waals surface area contributed by atoms with Crippen LogP contribution >= 0.6 is 15.9 Å². The van der Waals surface area contributed by atoms with E-state index in [9.17, 15) is 0 Å². The van der Waals surface area contributed by atoms with Crippen LogP contribution < -0.4 is 4.90 Å².